The summed E-state index contributed by atoms with van der Waals surface area (Å²) in [6.45, 7) is 4.92. The van der Waals surface area contributed by atoms with Crippen LogP contribution in [0.3, 0.4) is 0 Å². The number of nitrogens with two attached hydrogens (primary N) is 2. The van der Waals surface area contributed by atoms with E-state index in [9.17, 15) is 9.59 Å². The number of hydrogen-bond acceptors (Lipinski definition) is 5. The molecule has 0 bridgehead atoms. The van der Waals surface area contributed by atoms with E-state index in [2.05, 4.69) is 5.32 Å². The Morgan fingerprint density at radius 1 is 1.12 bits per heavy atom. The van der Waals surface area contributed by atoms with Gasteiger partial charge in [0.1, 0.15) is 5.00 Å². The fourth-order valence-corrected chi connectivity index (χ4v) is 4.58. The minimum Gasteiger partial charge on any atom is -0.490 e. The van der Waals surface area contributed by atoms with Crippen LogP contribution in [-0.4, -0.2) is 25.2 Å². The molecule has 0 saturated heterocycles. The lowest BCUT2D eigenvalue weighted by atomic mass is 9.88. The van der Waals surface area contributed by atoms with Gasteiger partial charge in [0.15, 0.2) is 11.5 Å². The lowest BCUT2D eigenvalue weighted by molar-refractivity contribution is 0.100. The zero-order valence-corrected chi connectivity index (χ0v) is 15.5. The van der Waals surface area contributed by atoms with Gasteiger partial charge in [0.05, 0.1) is 18.8 Å². The fraction of sp³-hybridized carbons (Fsp3) is 0.333. The van der Waals surface area contributed by atoms with Gasteiger partial charge in [-0.1, -0.05) is 0 Å². The van der Waals surface area contributed by atoms with Gasteiger partial charge in [0.2, 0.25) is 0 Å². The van der Waals surface area contributed by atoms with Crippen LogP contribution in [0.15, 0.2) is 12.1 Å². The molecule has 8 heteroatoms. The van der Waals surface area contributed by atoms with Gasteiger partial charge in [-0.05, 0) is 49.9 Å². The minimum atomic E-state index is -0.729. The molecule has 138 valence electrons. The van der Waals surface area contributed by atoms with Crippen LogP contribution in [0.1, 0.15) is 35.3 Å². The van der Waals surface area contributed by atoms with Crippen LogP contribution in [0.25, 0.3) is 10.4 Å². The normalized spacial score (nSPS) is 12.1. The maximum absolute atomic E-state index is 11.9. The molecular formula is C18H21N3O4S. The zero-order valence-electron chi connectivity index (χ0n) is 14.7. The van der Waals surface area contributed by atoms with Gasteiger partial charge in [-0.2, -0.15) is 0 Å². The molecule has 0 aliphatic heterocycles. The molecule has 0 radical (unpaired) electrons. The number of carbonyl (C=O) groups excluding carboxylic acids is 2. The molecule has 1 aliphatic carbocycles. The van der Waals surface area contributed by atoms with E-state index in [-0.39, 0.29) is 0 Å². The third-order valence-electron chi connectivity index (χ3n) is 4.17. The lowest BCUT2D eigenvalue weighted by Crippen LogP contribution is -2.22. The zero-order chi connectivity index (χ0) is 18.8. The van der Waals surface area contributed by atoms with Crippen LogP contribution in [0.5, 0.6) is 11.5 Å². The standard InChI is InChI=1S/C18H21N3O4S/c1-3-24-12-8-7-10-9(14(12)25-4-2)5-6-11-13(16(19)22)17(21-18(20)23)26-15(10)11/h7-8H,3-6H2,1-2H3,(H2,19,22)(H3,20,21,23). The van der Waals surface area contributed by atoms with E-state index < -0.39 is 11.9 Å². The van der Waals surface area contributed by atoms with Crippen molar-refractivity contribution in [1.29, 1.82) is 0 Å². The van der Waals surface area contributed by atoms with E-state index >= 15 is 0 Å². The van der Waals surface area contributed by atoms with Crippen LogP contribution in [0, 0.1) is 0 Å². The van der Waals surface area contributed by atoms with Crippen molar-refractivity contribution in [2.45, 2.75) is 26.7 Å². The molecule has 1 aromatic carbocycles. The molecule has 0 fully saturated rings. The van der Waals surface area contributed by atoms with E-state index in [0.29, 0.717) is 42.4 Å². The number of hydrogen-bond donors (Lipinski definition) is 3. The van der Waals surface area contributed by atoms with Crippen molar-refractivity contribution < 1.29 is 19.1 Å². The molecule has 7 nitrogen and oxygen atoms in total. The molecule has 5 N–H and O–H groups in total. The maximum atomic E-state index is 11.9. The molecule has 1 heterocycles. The molecule has 3 amide bonds. The molecule has 1 aliphatic rings. The quantitative estimate of drug-likeness (QED) is 0.719. The lowest BCUT2D eigenvalue weighted by Gasteiger charge is -2.22. The maximum Gasteiger partial charge on any atom is 0.317 e. The second-order valence-electron chi connectivity index (χ2n) is 5.75. The van der Waals surface area contributed by atoms with E-state index in [1.807, 2.05) is 26.0 Å². The summed E-state index contributed by atoms with van der Waals surface area (Å²) in [4.78, 5) is 24.1. The number of benzene rings is 1. The molecular weight excluding hydrogens is 354 g/mol. The summed E-state index contributed by atoms with van der Waals surface area (Å²) in [7, 11) is 0. The molecule has 0 unspecified atom stereocenters. The van der Waals surface area contributed by atoms with Crippen LogP contribution in [0.4, 0.5) is 9.80 Å². The van der Waals surface area contributed by atoms with E-state index in [0.717, 1.165) is 27.3 Å². The van der Waals surface area contributed by atoms with Gasteiger partial charge in [0.25, 0.3) is 5.91 Å². The summed E-state index contributed by atoms with van der Waals surface area (Å²) in [5.74, 6) is 0.861. The number of nitrogens with one attached hydrogen (secondary N) is 1. The number of rotatable bonds is 6. The van der Waals surface area contributed by atoms with Crippen LogP contribution in [-0.2, 0) is 12.8 Å². The van der Waals surface area contributed by atoms with Gasteiger partial charge in [0, 0.05) is 10.4 Å². The number of carbonyl (C=O) groups is 2. The third kappa shape index (κ3) is 3.08. The first kappa shape index (κ1) is 18.1. The Hall–Kier alpha value is -2.74. The van der Waals surface area contributed by atoms with Crippen LogP contribution >= 0.6 is 11.3 Å². The first-order valence-corrected chi connectivity index (χ1v) is 9.23. The largest absolute Gasteiger partial charge is 0.490 e. The summed E-state index contributed by atoms with van der Waals surface area (Å²) in [6.07, 6.45) is 1.30. The predicted octanol–water partition coefficient (Wildman–Crippen LogP) is 2.90. The number of primary amides is 2. The van der Waals surface area contributed by atoms with Gasteiger partial charge >= 0.3 is 6.03 Å². The summed E-state index contributed by atoms with van der Waals surface area (Å²) >= 11 is 1.30. The highest BCUT2D eigenvalue weighted by Gasteiger charge is 2.30. The van der Waals surface area contributed by atoms with Crippen molar-refractivity contribution in [3.63, 3.8) is 0 Å². The second kappa shape index (κ2) is 7.25. The average molecular weight is 375 g/mol. The van der Waals surface area contributed by atoms with Crippen molar-refractivity contribution in [2.75, 3.05) is 18.5 Å². The van der Waals surface area contributed by atoms with E-state index in [1.165, 1.54) is 11.3 Å². The highest BCUT2D eigenvalue weighted by molar-refractivity contribution is 7.20. The fourth-order valence-electron chi connectivity index (χ4n) is 3.27. The Balaban J connectivity index is 2.18. The SMILES string of the molecule is CCOc1ccc2c(c1OCC)CCc1c-2sc(NC(N)=O)c1C(N)=O. The summed E-state index contributed by atoms with van der Waals surface area (Å²) < 4.78 is 11.5. The molecule has 1 aromatic heterocycles. The Labute approximate surface area is 155 Å². The number of fused-ring (bicyclic) bond motifs is 3. The Morgan fingerprint density at radius 3 is 2.42 bits per heavy atom. The van der Waals surface area contributed by atoms with Gasteiger partial charge in [-0.3, -0.25) is 10.1 Å². The number of amides is 3. The number of thiophene rings is 1. The summed E-state index contributed by atoms with van der Waals surface area (Å²) in [5.41, 5.74) is 14.0. The highest BCUT2D eigenvalue weighted by atomic mass is 32.1. The number of anilines is 1. The first-order chi connectivity index (χ1) is 12.5. The van der Waals surface area contributed by atoms with Crippen molar-refractivity contribution >= 4 is 28.3 Å². The summed E-state index contributed by atoms with van der Waals surface area (Å²) in [5, 5.41) is 2.90. The average Bonchev–Trinajstić information content (AvgIpc) is 2.94. The van der Waals surface area contributed by atoms with E-state index in [4.69, 9.17) is 20.9 Å². The topological polar surface area (TPSA) is 117 Å². The van der Waals surface area contributed by atoms with Gasteiger partial charge < -0.3 is 20.9 Å². The molecule has 26 heavy (non-hydrogen) atoms. The Kier molecular flexibility index (Phi) is 5.03. The molecule has 0 spiro atoms. The minimum absolute atomic E-state index is 0.335. The van der Waals surface area contributed by atoms with Crippen LogP contribution < -0.4 is 26.3 Å². The van der Waals surface area contributed by atoms with Gasteiger partial charge in [-0.25, -0.2) is 4.79 Å². The third-order valence-corrected chi connectivity index (χ3v) is 5.35. The van der Waals surface area contributed by atoms with Crippen molar-refractivity contribution in [3.05, 3.63) is 28.8 Å². The highest BCUT2D eigenvalue weighted by Crippen LogP contribution is 2.49. The number of urea groups is 1. The van der Waals surface area contributed by atoms with Crippen LogP contribution in [0.2, 0.25) is 0 Å². The van der Waals surface area contributed by atoms with Crippen molar-refractivity contribution in [2.24, 2.45) is 11.5 Å². The van der Waals surface area contributed by atoms with E-state index in [1.54, 1.807) is 0 Å². The van der Waals surface area contributed by atoms with Gasteiger partial charge in [-0.15, -0.1) is 11.3 Å². The van der Waals surface area contributed by atoms with Crippen molar-refractivity contribution in [1.82, 2.24) is 0 Å². The molecule has 2 aromatic rings. The summed E-state index contributed by atoms with van der Waals surface area (Å²) in [6, 6.07) is 3.09. The first-order valence-electron chi connectivity index (χ1n) is 8.41. The number of ether oxygens (including phenoxy) is 2. The smallest absolute Gasteiger partial charge is 0.317 e. The molecule has 0 saturated carbocycles. The Bertz CT molecular complexity index is 876. The molecule has 3 rings (SSSR count). The molecule has 0 atom stereocenters. The predicted molar refractivity (Wildman–Crippen MR) is 101 cm³/mol. The Morgan fingerprint density at radius 2 is 1.81 bits per heavy atom. The monoisotopic (exact) mass is 375 g/mol. The second-order valence-corrected chi connectivity index (χ2v) is 6.77. The van der Waals surface area contributed by atoms with Crippen molar-refractivity contribution in [3.8, 4) is 21.9 Å².